The molecule has 0 bridgehead atoms. The van der Waals surface area contributed by atoms with E-state index in [-0.39, 0.29) is 22.3 Å². The maximum absolute atomic E-state index is 12.9. The standard InChI is InChI=1S/C12H8ClF3N6/c1-6-17-2-7(3-18-6)9-20-8-4-19-11(13)21-10(8)22(9)5-12(14,15)16/h2-4H,5H2,1H3. The summed E-state index contributed by atoms with van der Waals surface area (Å²) in [5.74, 6) is 0.564. The zero-order valence-electron chi connectivity index (χ0n) is 11.1. The summed E-state index contributed by atoms with van der Waals surface area (Å²) >= 11 is 5.67. The summed E-state index contributed by atoms with van der Waals surface area (Å²) in [6.45, 7) is 0.424. The van der Waals surface area contributed by atoms with Gasteiger partial charge in [0.15, 0.2) is 5.65 Å². The monoisotopic (exact) mass is 328 g/mol. The zero-order valence-corrected chi connectivity index (χ0v) is 11.9. The third kappa shape index (κ3) is 2.84. The number of aryl methyl sites for hydroxylation is 1. The second kappa shape index (κ2) is 5.16. The van der Waals surface area contributed by atoms with Gasteiger partial charge in [-0.2, -0.15) is 18.2 Å². The Morgan fingerprint density at radius 1 is 1.09 bits per heavy atom. The highest BCUT2D eigenvalue weighted by Crippen LogP contribution is 2.27. The Labute approximate surface area is 127 Å². The number of hydrogen-bond acceptors (Lipinski definition) is 5. The molecule has 0 fully saturated rings. The average molecular weight is 329 g/mol. The van der Waals surface area contributed by atoms with Gasteiger partial charge in [0.1, 0.15) is 23.7 Å². The van der Waals surface area contributed by atoms with Crippen molar-refractivity contribution in [2.45, 2.75) is 19.6 Å². The molecule has 0 saturated heterocycles. The molecule has 0 aliphatic heterocycles. The van der Waals surface area contributed by atoms with Crippen LogP contribution in [0.15, 0.2) is 18.6 Å². The maximum Gasteiger partial charge on any atom is 0.406 e. The summed E-state index contributed by atoms with van der Waals surface area (Å²) in [6, 6.07) is 0. The highest BCUT2D eigenvalue weighted by molar-refractivity contribution is 6.28. The Hall–Kier alpha value is -2.29. The second-order valence-electron chi connectivity index (χ2n) is 4.50. The molecule has 0 aliphatic carbocycles. The lowest BCUT2D eigenvalue weighted by molar-refractivity contribution is -0.139. The Morgan fingerprint density at radius 2 is 1.77 bits per heavy atom. The van der Waals surface area contributed by atoms with E-state index in [0.717, 1.165) is 4.57 Å². The molecule has 0 radical (unpaired) electrons. The van der Waals surface area contributed by atoms with Crippen molar-refractivity contribution in [3.05, 3.63) is 29.7 Å². The molecule has 0 amide bonds. The minimum atomic E-state index is -4.44. The fourth-order valence-corrected chi connectivity index (χ4v) is 2.08. The molecule has 6 nitrogen and oxygen atoms in total. The van der Waals surface area contributed by atoms with Gasteiger partial charge < -0.3 is 0 Å². The van der Waals surface area contributed by atoms with Gasteiger partial charge >= 0.3 is 6.18 Å². The Morgan fingerprint density at radius 3 is 2.41 bits per heavy atom. The van der Waals surface area contributed by atoms with Gasteiger partial charge in [0.2, 0.25) is 5.28 Å². The molecule has 0 saturated carbocycles. The van der Waals surface area contributed by atoms with Crippen molar-refractivity contribution in [3.8, 4) is 11.4 Å². The lowest BCUT2D eigenvalue weighted by atomic mass is 10.3. The maximum atomic E-state index is 12.9. The normalized spacial score (nSPS) is 12.0. The van der Waals surface area contributed by atoms with Gasteiger partial charge in [0, 0.05) is 12.4 Å². The van der Waals surface area contributed by atoms with E-state index >= 15 is 0 Å². The van der Waals surface area contributed by atoms with Crippen LogP contribution in [0.5, 0.6) is 0 Å². The number of alkyl halides is 3. The van der Waals surface area contributed by atoms with Crippen LogP contribution in [0.4, 0.5) is 13.2 Å². The Kier molecular flexibility index (Phi) is 3.44. The molecule has 3 aromatic rings. The molecular formula is C12H8ClF3N6. The smallest absolute Gasteiger partial charge is 0.299 e. The van der Waals surface area contributed by atoms with E-state index in [4.69, 9.17) is 11.6 Å². The van der Waals surface area contributed by atoms with Crippen LogP contribution in [0.1, 0.15) is 5.82 Å². The summed E-state index contributed by atoms with van der Waals surface area (Å²) < 4.78 is 39.5. The largest absolute Gasteiger partial charge is 0.406 e. The molecule has 0 aromatic carbocycles. The topological polar surface area (TPSA) is 69.4 Å². The van der Waals surface area contributed by atoms with E-state index in [1.807, 2.05) is 0 Å². The first-order chi connectivity index (χ1) is 10.3. The predicted octanol–water partition coefficient (Wildman–Crippen LogP) is 2.81. The van der Waals surface area contributed by atoms with Crippen LogP contribution < -0.4 is 0 Å². The number of aromatic nitrogens is 6. The van der Waals surface area contributed by atoms with Gasteiger partial charge in [-0.3, -0.25) is 4.57 Å². The summed E-state index contributed by atoms with van der Waals surface area (Å²) in [7, 11) is 0. The van der Waals surface area contributed by atoms with E-state index in [1.54, 1.807) is 6.92 Å². The van der Waals surface area contributed by atoms with E-state index in [0.29, 0.717) is 11.4 Å². The first kappa shape index (κ1) is 14.6. The quantitative estimate of drug-likeness (QED) is 0.677. The molecule has 22 heavy (non-hydrogen) atoms. The van der Waals surface area contributed by atoms with Crippen molar-refractivity contribution in [3.63, 3.8) is 0 Å². The number of fused-ring (bicyclic) bond motifs is 1. The van der Waals surface area contributed by atoms with Crippen LogP contribution in [0, 0.1) is 6.92 Å². The molecule has 3 rings (SSSR count). The molecule has 10 heteroatoms. The molecule has 114 valence electrons. The van der Waals surface area contributed by atoms with Crippen LogP contribution in [0.3, 0.4) is 0 Å². The van der Waals surface area contributed by atoms with Crippen molar-refractivity contribution >= 4 is 22.8 Å². The predicted molar refractivity (Wildman–Crippen MR) is 72.2 cm³/mol. The Bertz CT molecular complexity index is 827. The van der Waals surface area contributed by atoms with Crippen molar-refractivity contribution in [1.29, 1.82) is 0 Å². The highest BCUT2D eigenvalue weighted by Gasteiger charge is 2.31. The summed E-state index contributed by atoms with van der Waals surface area (Å²) in [6.07, 6.45) is -0.349. The van der Waals surface area contributed by atoms with Gasteiger partial charge in [-0.15, -0.1) is 0 Å². The van der Waals surface area contributed by atoms with Crippen LogP contribution in [0.25, 0.3) is 22.6 Å². The lowest BCUT2D eigenvalue weighted by Gasteiger charge is -2.11. The van der Waals surface area contributed by atoms with Crippen LogP contribution in [-0.2, 0) is 6.54 Å². The SMILES string of the molecule is Cc1ncc(-c2nc3cnc(Cl)nc3n2CC(F)(F)F)cn1. The van der Waals surface area contributed by atoms with Crippen molar-refractivity contribution in [2.24, 2.45) is 0 Å². The zero-order chi connectivity index (χ0) is 15.9. The van der Waals surface area contributed by atoms with Gasteiger partial charge in [-0.1, -0.05) is 0 Å². The number of rotatable bonds is 2. The van der Waals surface area contributed by atoms with E-state index in [1.165, 1.54) is 18.6 Å². The molecule has 0 aliphatic rings. The van der Waals surface area contributed by atoms with Gasteiger partial charge in [0.25, 0.3) is 0 Å². The van der Waals surface area contributed by atoms with Crippen LogP contribution >= 0.6 is 11.6 Å². The third-order valence-electron chi connectivity index (χ3n) is 2.83. The van der Waals surface area contributed by atoms with Gasteiger partial charge in [-0.25, -0.2) is 19.9 Å². The van der Waals surface area contributed by atoms with Gasteiger partial charge in [0.05, 0.1) is 11.8 Å². The van der Waals surface area contributed by atoms with Crippen LogP contribution in [0.2, 0.25) is 5.28 Å². The summed E-state index contributed by atoms with van der Waals surface area (Å²) in [5.41, 5.74) is 0.570. The first-order valence-corrected chi connectivity index (χ1v) is 6.46. The molecule has 0 atom stereocenters. The number of nitrogens with zero attached hydrogens (tertiary/aromatic N) is 6. The average Bonchev–Trinajstić information content (AvgIpc) is 2.76. The second-order valence-corrected chi connectivity index (χ2v) is 4.84. The number of halogens is 4. The fraction of sp³-hybridized carbons (Fsp3) is 0.250. The summed E-state index contributed by atoms with van der Waals surface area (Å²) in [4.78, 5) is 19.7. The number of imidazole rings is 1. The molecule has 3 aromatic heterocycles. The fourth-order valence-electron chi connectivity index (χ4n) is 1.96. The molecule has 3 heterocycles. The van der Waals surface area contributed by atoms with Gasteiger partial charge in [-0.05, 0) is 18.5 Å². The Balaban J connectivity index is 2.23. The highest BCUT2D eigenvalue weighted by atomic mass is 35.5. The molecule has 0 unspecified atom stereocenters. The van der Waals surface area contributed by atoms with Crippen molar-refractivity contribution in [1.82, 2.24) is 29.5 Å². The first-order valence-electron chi connectivity index (χ1n) is 6.08. The minimum absolute atomic E-state index is 0.00731. The lowest BCUT2D eigenvalue weighted by Crippen LogP contribution is -2.19. The molecular weight excluding hydrogens is 321 g/mol. The number of hydrogen-bond donors (Lipinski definition) is 0. The summed E-state index contributed by atoms with van der Waals surface area (Å²) in [5, 5.41) is -0.150. The van der Waals surface area contributed by atoms with E-state index in [2.05, 4.69) is 24.9 Å². The van der Waals surface area contributed by atoms with Crippen LogP contribution in [-0.4, -0.2) is 35.7 Å². The van der Waals surface area contributed by atoms with Crippen molar-refractivity contribution < 1.29 is 13.2 Å². The molecule has 0 N–H and O–H groups in total. The van der Waals surface area contributed by atoms with E-state index < -0.39 is 12.7 Å². The molecule has 0 spiro atoms. The van der Waals surface area contributed by atoms with E-state index in [9.17, 15) is 13.2 Å². The third-order valence-corrected chi connectivity index (χ3v) is 3.02. The minimum Gasteiger partial charge on any atom is -0.299 e. The van der Waals surface area contributed by atoms with Crippen molar-refractivity contribution in [2.75, 3.05) is 0 Å².